The molecule has 2 aromatic carbocycles. The number of aliphatic hydroxyl groups excluding tert-OH is 2. The largest absolute Gasteiger partial charge is 0.493 e. The zero-order valence-electron chi connectivity index (χ0n) is 78.8. The summed E-state index contributed by atoms with van der Waals surface area (Å²) >= 11 is 10.9. The van der Waals surface area contributed by atoms with Crippen molar-refractivity contribution >= 4 is 56.5 Å². The molecular formula is C96H190Cl2O10Si4. The fourth-order valence-corrected chi connectivity index (χ4v) is 41.5. The zero-order valence-corrected chi connectivity index (χ0v) is 84.3. The van der Waals surface area contributed by atoms with Crippen molar-refractivity contribution in [2.75, 3.05) is 66.3 Å². The molecule has 664 valence electrons. The van der Waals surface area contributed by atoms with E-state index in [1.165, 1.54) is 212 Å². The Bertz CT molecular complexity index is 2170. The molecule has 0 aliphatic carbocycles. The Morgan fingerprint density at radius 1 is 0.241 bits per heavy atom. The fourth-order valence-electron chi connectivity index (χ4n) is 19.3. The monoisotopic (exact) mass is 1690 g/mol. The first-order valence-corrected chi connectivity index (χ1v) is 56.7. The van der Waals surface area contributed by atoms with Crippen LogP contribution in [0.5, 0.6) is 23.0 Å². The molecule has 2 rings (SSSR count). The normalized spacial score (nSPS) is 12.4. The SMILES string of the molecule is CC(C)[Si](OCCCCCCCCCCCOc1ccc(CCl)c(OCCCCCCCCCCCO[Si](C(C)C)(C(C)C)C(C)C)c1)(C(C)C)C(C)C.CC(C)[Si](OCCCCCCCCCCCOc1ccc(CO)c(OCCCCCCCCCCCO[Si](C(C)C)(C(C)C)C(C)C)c1)(C(C)C)C(C)C.CCl.CO. The molecule has 0 unspecified atom stereocenters. The summed E-state index contributed by atoms with van der Waals surface area (Å²) in [7, 11) is -5.83. The second-order valence-corrected chi connectivity index (χ2v) is 58.7. The highest BCUT2D eigenvalue weighted by molar-refractivity contribution is 6.79. The molecule has 0 saturated heterocycles. The number of aliphatic hydroxyl groups is 2. The highest BCUT2D eigenvalue weighted by atomic mass is 35.5. The van der Waals surface area contributed by atoms with Crippen LogP contribution >= 0.6 is 23.2 Å². The predicted molar refractivity (Wildman–Crippen MR) is 504 cm³/mol. The average Bonchev–Trinajstić information content (AvgIpc) is 0.823. The van der Waals surface area contributed by atoms with E-state index in [0.29, 0.717) is 79.0 Å². The van der Waals surface area contributed by atoms with Gasteiger partial charge in [0.05, 0.1) is 38.9 Å². The van der Waals surface area contributed by atoms with Gasteiger partial charge in [0, 0.05) is 63.2 Å². The first kappa shape index (κ1) is 113. The second kappa shape index (κ2) is 69.5. The Morgan fingerprint density at radius 2 is 0.402 bits per heavy atom. The van der Waals surface area contributed by atoms with Gasteiger partial charge < -0.3 is 46.9 Å². The molecule has 2 aromatic rings. The Labute approximate surface area is 711 Å². The zero-order chi connectivity index (χ0) is 84.8. The van der Waals surface area contributed by atoms with Gasteiger partial charge in [0.1, 0.15) is 23.0 Å². The number of hydrogen-bond donors (Lipinski definition) is 2. The molecule has 10 nitrogen and oxygen atoms in total. The van der Waals surface area contributed by atoms with Gasteiger partial charge in [-0.2, -0.15) is 0 Å². The second-order valence-electron chi connectivity index (χ2n) is 36.6. The minimum Gasteiger partial charge on any atom is -0.493 e. The highest BCUT2D eigenvalue weighted by Gasteiger charge is 2.48. The van der Waals surface area contributed by atoms with Gasteiger partial charge in [-0.25, -0.2) is 0 Å². The number of ether oxygens (including phenoxy) is 4. The van der Waals surface area contributed by atoms with E-state index in [4.69, 9.17) is 53.4 Å². The Balaban J connectivity index is 0. The molecule has 2 N–H and O–H groups in total. The van der Waals surface area contributed by atoms with Crippen LogP contribution in [0, 0.1) is 0 Å². The molecule has 0 aliphatic heterocycles. The van der Waals surface area contributed by atoms with Crippen LogP contribution < -0.4 is 18.9 Å². The molecule has 0 aliphatic rings. The van der Waals surface area contributed by atoms with E-state index in [1.807, 2.05) is 30.3 Å². The van der Waals surface area contributed by atoms with E-state index in [1.54, 1.807) is 0 Å². The highest BCUT2D eigenvalue weighted by Crippen LogP contribution is 2.46. The summed E-state index contributed by atoms with van der Waals surface area (Å²) in [6.45, 7) is 63.8. The topological polar surface area (TPSA) is 114 Å². The van der Waals surface area contributed by atoms with Crippen LogP contribution in [0.3, 0.4) is 0 Å². The van der Waals surface area contributed by atoms with E-state index in [-0.39, 0.29) is 6.61 Å². The summed E-state index contributed by atoms with van der Waals surface area (Å²) in [6.07, 6.45) is 47.1. The summed E-state index contributed by atoms with van der Waals surface area (Å²) < 4.78 is 51.4. The number of alkyl halides is 2. The van der Waals surface area contributed by atoms with Gasteiger partial charge in [-0.1, -0.05) is 352 Å². The van der Waals surface area contributed by atoms with Crippen molar-refractivity contribution in [2.24, 2.45) is 0 Å². The van der Waals surface area contributed by atoms with Gasteiger partial charge >= 0.3 is 0 Å². The minimum absolute atomic E-state index is 0.0117. The molecule has 0 bridgehead atoms. The fraction of sp³-hybridized carbons (Fsp3) is 0.875. The third kappa shape index (κ3) is 44.4. The molecule has 0 saturated carbocycles. The molecule has 0 fully saturated rings. The Kier molecular flexibility index (Phi) is 70.0. The predicted octanol–water partition coefficient (Wildman–Crippen LogP) is 32.4. The van der Waals surface area contributed by atoms with Crippen LogP contribution in [0.15, 0.2) is 36.4 Å². The smallest absolute Gasteiger partial charge is 0.200 e. The van der Waals surface area contributed by atoms with Crippen LogP contribution in [0.2, 0.25) is 66.5 Å². The third-order valence-corrected chi connectivity index (χ3v) is 49.6. The molecule has 0 radical (unpaired) electrons. The van der Waals surface area contributed by atoms with E-state index in [2.05, 4.69) is 184 Å². The van der Waals surface area contributed by atoms with Gasteiger partial charge in [0.2, 0.25) is 0 Å². The summed E-state index contributed by atoms with van der Waals surface area (Å²) in [5, 5.41) is 16.8. The molecule has 0 amide bonds. The first-order chi connectivity index (χ1) is 53.5. The number of halogens is 2. The first-order valence-electron chi connectivity index (χ1n) is 46.9. The summed E-state index contributed by atoms with van der Waals surface area (Å²) in [5.41, 5.74) is 9.96. The van der Waals surface area contributed by atoms with Crippen molar-refractivity contribution < 1.29 is 46.9 Å². The van der Waals surface area contributed by atoms with Crippen LogP contribution in [0.4, 0.5) is 0 Å². The van der Waals surface area contributed by atoms with E-state index in [0.717, 1.165) is 113 Å². The number of rotatable bonds is 70. The van der Waals surface area contributed by atoms with Gasteiger partial charge in [0.25, 0.3) is 0 Å². The van der Waals surface area contributed by atoms with Gasteiger partial charge in [-0.15, -0.1) is 23.2 Å². The maximum atomic E-state index is 9.84. The molecule has 0 spiro atoms. The van der Waals surface area contributed by atoms with Crippen molar-refractivity contribution in [3.8, 4) is 23.0 Å². The Morgan fingerprint density at radius 3 is 0.580 bits per heavy atom. The number of benzene rings is 2. The standard InChI is InChI=1S/C47H91ClO4Si2.C47H92O5Si2.CH3Cl.CH4O/c2*1-39(2)53(40(3)4,41(5)6)51-35-29-25-21-17-13-15-19-23-27-33-49-46-32-31-45(38-48)47(37-46)50-34-28-24-20-16-14-18-22-26-30-36-52-54(42(7)8,43(9)10)44(11)12;2*1-2/h31-32,37,39-44H,13-30,33-36,38H2,1-12H3;31-32,37,39-44,48H,13-30,33-36,38H2,1-12H3;1H3;2H,1H3. The van der Waals surface area contributed by atoms with E-state index in [9.17, 15) is 5.11 Å². The van der Waals surface area contributed by atoms with E-state index < -0.39 is 33.3 Å². The summed E-state index contributed by atoms with van der Waals surface area (Å²) in [4.78, 5) is 0. The van der Waals surface area contributed by atoms with Crippen LogP contribution in [0.1, 0.15) is 408 Å². The lowest BCUT2D eigenvalue weighted by Gasteiger charge is -2.42. The van der Waals surface area contributed by atoms with Crippen molar-refractivity contribution in [3.05, 3.63) is 47.5 Å². The number of unbranched alkanes of at least 4 members (excludes halogenated alkanes) is 32. The molecular weight excluding hydrogens is 1500 g/mol. The molecule has 0 aromatic heterocycles. The lowest BCUT2D eigenvalue weighted by atomic mass is 10.1. The summed E-state index contributed by atoms with van der Waals surface area (Å²) in [5.74, 6) is 3.85. The third-order valence-electron chi connectivity index (χ3n) is 24.8. The maximum Gasteiger partial charge on any atom is 0.200 e. The summed E-state index contributed by atoms with van der Waals surface area (Å²) in [6, 6.07) is 12.0. The van der Waals surface area contributed by atoms with Crippen molar-refractivity contribution in [1.82, 2.24) is 0 Å². The molecule has 112 heavy (non-hydrogen) atoms. The van der Waals surface area contributed by atoms with Crippen molar-refractivity contribution in [2.45, 2.75) is 476 Å². The van der Waals surface area contributed by atoms with Crippen LogP contribution in [-0.4, -0.2) is 110 Å². The quantitative estimate of drug-likeness (QED) is 0.0377. The van der Waals surface area contributed by atoms with Crippen molar-refractivity contribution in [1.29, 1.82) is 0 Å². The van der Waals surface area contributed by atoms with Crippen LogP contribution in [-0.2, 0) is 30.2 Å². The van der Waals surface area contributed by atoms with Crippen LogP contribution in [0.25, 0.3) is 0 Å². The molecule has 0 heterocycles. The van der Waals surface area contributed by atoms with Gasteiger partial charge in [-0.05, 0) is 136 Å². The van der Waals surface area contributed by atoms with E-state index >= 15 is 0 Å². The number of hydrogen-bond acceptors (Lipinski definition) is 10. The molecule has 16 heteroatoms. The lowest BCUT2D eigenvalue weighted by molar-refractivity contribution is 0.257. The van der Waals surface area contributed by atoms with Gasteiger partial charge in [0.15, 0.2) is 33.3 Å². The maximum absolute atomic E-state index is 9.84. The average molecular weight is 1690 g/mol. The molecule has 0 atom stereocenters. The Hall–Kier alpha value is -1.15. The van der Waals surface area contributed by atoms with Gasteiger partial charge in [-0.3, -0.25) is 0 Å². The van der Waals surface area contributed by atoms with Crippen molar-refractivity contribution in [3.63, 3.8) is 0 Å². The lowest BCUT2D eigenvalue weighted by Crippen LogP contribution is -2.47. The minimum atomic E-state index is -1.71.